The van der Waals surface area contributed by atoms with Gasteiger partial charge in [-0.15, -0.1) is 0 Å². The summed E-state index contributed by atoms with van der Waals surface area (Å²) in [6, 6.07) is 0. The lowest BCUT2D eigenvalue weighted by Crippen LogP contribution is -2.17. The Balaban J connectivity index is 3.40. The van der Waals surface area contributed by atoms with E-state index in [1.54, 1.807) is 0 Å². The molecule has 124 valence electrons. The molecule has 0 saturated carbocycles. The molecule has 21 heavy (non-hydrogen) atoms. The van der Waals surface area contributed by atoms with Gasteiger partial charge < -0.3 is 5.11 Å². The molecule has 0 aliphatic carbocycles. The lowest BCUT2D eigenvalue weighted by Gasteiger charge is -2.22. The zero-order chi connectivity index (χ0) is 16.0. The van der Waals surface area contributed by atoms with Gasteiger partial charge in [0, 0.05) is 0 Å². The van der Waals surface area contributed by atoms with E-state index in [0.29, 0.717) is 0 Å². The minimum absolute atomic E-state index is 0.125. The van der Waals surface area contributed by atoms with E-state index in [-0.39, 0.29) is 11.5 Å². The fourth-order valence-electron chi connectivity index (χ4n) is 2.47. The Kier molecular flexibility index (Phi) is 12.8. The molecule has 0 aliphatic heterocycles. The summed E-state index contributed by atoms with van der Waals surface area (Å²) < 4.78 is 0. The van der Waals surface area contributed by atoms with Crippen LogP contribution >= 0.6 is 0 Å². The standard InChI is InChI=1S/C20H38O/c1-5-6-7-8-9-10-11-12-13-14-15-16-17-19(21)18-20(2,3)4/h9-10,12-13,19,21H,5-8,11,14-18H2,1-4H3/b10-9-,13-12-. The van der Waals surface area contributed by atoms with E-state index in [1.807, 2.05) is 0 Å². The van der Waals surface area contributed by atoms with Gasteiger partial charge in [0.15, 0.2) is 0 Å². The van der Waals surface area contributed by atoms with E-state index >= 15 is 0 Å². The maximum absolute atomic E-state index is 9.92. The third kappa shape index (κ3) is 17.4. The Morgan fingerprint density at radius 1 is 0.857 bits per heavy atom. The summed E-state index contributed by atoms with van der Waals surface area (Å²) in [5, 5.41) is 9.92. The van der Waals surface area contributed by atoms with Crippen molar-refractivity contribution in [2.75, 3.05) is 0 Å². The summed E-state index contributed by atoms with van der Waals surface area (Å²) in [4.78, 5) is 0. The monoisotopic (exact) mass is 294 g/mol. The Labute approximate surface area is 133 Å². The minimum atomic E-state index is -0.125. The van der Waals surface area contributed by atoms with Gasteiger partial charge in [0.25, 0.3) is 0 Å². The van der Waals surface area contributed by atoms with Crippen LogP contribution in [-0.4, -0.2) is 11.2 Å². The van der Waals surface area contributed by atoms with Crippen molar-refractivity contribution in [2.24, 2.45) is 5.41 Å². The molecule has 0 heterocycles. The van der Waals surface area contributed by atoms with Crippen LogP contribution in [0.15, 0.2) is 24.3 Å². The maximum Gasteiger partial charge on any atom is 0.0545 e. The number of hydrogen-bond donors (Lipinski definition) is 1. The molecule has 1 N–H and O–H groups in total. The molecule has 0 saturated heterocycles. The van der Waals surface area contributed by atoms with E-state index in [4.69, 9.17) is 0 Å². The Morgan fingerprint density at radius 3 is 1.95 bits per heavy atom. The van der Waals surface area contributed by atoms with Crippen molar-refractivity contribution in [1.29, 1.82) is 0 Å². The molecule has 1 unspecified atom stereocenters. The molecular formula is C20H38O. The molecule has 0 fully saturated rings. The molecule has 0 rings (SSSR count). The van der Waals surface area contributed by atoms with Crippen LogP contribution in [0.3, 0.4) is 0 Å². The molecule has 0 aromatic carbocycles. The van der Waals surface area contributed by atoms with Crippen LogP contribution in [-0.2, 0) is 0 Å². The van der Waals surface area contributed by atoms with Crippen LogP contribution in [0.2, 0.25) is 0 Å². The van der Waals surface area contributed by atoms with Crippen molar-refractivity contribution < 1.29 is 5.11 Å². The first-order valence-electron chi connectivity index (χ1n) is 8.94. The summed E-state index contributed by atoms with van der Waals surface area (Å²) in [5.41, 5.74) is 0.239. The zero-order valence-electron chi connectivity index (χ0n) is 14.9. The number of allylic oxidation sites excluding steroid dienone is 4. The molecule has 0 radical (unpaired) electrons. The first kappa shape index (κ1) is 20.4. The summed E-state index contributed by atoms with van der Waals surface area (Å²) in [5.74, 6) is 0. The van der Waals surface area contributed by atoms with Gasteiger partial charge in [-0.05, 0) is 50.4 Å². The highest BCUT2D eigenvalue weighted by atomic mass is 16.3. The summed E-state index contributed by atoms with van der Waals surface area (Å²) in [7, 11) is 0. The highest BCUT2D eigenvalue weighted by Gasteiger charge is 2.15. The van der Waals surface area contributed by atoms with Gasteiger partial charge in [0.1, 0.15) is 0 Å². The number of rotatable bonds is 12. The van der Waals surface area contributed by atoms with Gasteiger partial charge in [-0.1, -0.05) is 71.3 Å². The van der Waals surface area contributed by atoms with Crippen LogP contribution in [0.5, 0.6) is 0 Å². The van der Waals surface area contributed by atoms with E-state index in [0.717, 1.165) is 32.1 Å². The third-order valence-corrected chi connectivity index (χ3v) is 3.59. The van der Waals surface area contributed by atoms with E-state index in [9.17, 15) is 5.11 Å². The lowest BCUT2D eigenvalue weighted by atomic mass is 9.87. The van der Waals surface area contributed by atoms with Crippen molar-refractivity contribution >= 4 is 0 Å². The van der Waals surface area contributed by atoms with E-state index in [1.165, 1.54) is 32.1 Å². The second-order valence-electron chi connectivity index (χ2n) is 7.38. The quantitative estimate of drug-likeness (QED) is 0.325. The average molecular weight is 295 g/mol. The minimum Gasteiger partial charge on any atom is -0.393 e. The van der Waals surface area contributed by atoms with Gasteiger partial charge >= 0.3 is 0 Å². The number of aliphatic hydroxyl groups excluding tert-OH is 1. The molecule has 1 heteroatoms. The largest absolute Gasteiger partial charge is 0.393 e. The molecular weight excluding hydrogens is 256 g/mol. The van der Waals surface area contributed by atoms with Crippen molar-refractivity contribution in [3.63, 3.8) is 0 Å². The summed E-state index contributed by atoms with van der Waals surface area (Å²) in [6.07, 6.45) is 20.6. The van der Waals surface area contributed by atoms with Gasteiger partial charge in [-0.3, -0.25) is 0 Å². The molecule has 0 bridgehead atoms. The summed E-state index contributed by atoms with van der Waals surface area (Å²) in [6.45, 7) is 8.81. The van der Waals surface area contributed by atoms with Gasteiger partial charge in [-0.2, -0.15) is 0 Å². The predicted octanol–water partition coefficient (Wildman–Crippen LogP) is 6.43. The second kappa shape index (κ2) is 13.1. The maximum atomic E-state index is 9.92. The molecule has 0 amide bonds. The number of aliphatic hydroxyl groups is 1. The van der Waals surface area contributed by atoms with Crippen LogP contribution in [0, 0.1) is 5.41 Å². The molecule has 1 nitrogen and oxygen atoms in total. The highest BCUT2D eigenvalue weighted by molar-refractivity contribution is 4.92. The fraction of sp³-hybridized carbons (Fsp3) is 0.800. The van der Waals surface area contributed by atoms with Crippen LogP contribution in [0.1, 0.15) is 91.9 Å². The first-order valence-corrected chi connectivity index (χ1v) is 8.94. The molecule has 0 aromatic heterocycles. The smallest absolute Gasteiger partial charge is 0.0545 e. The van der Waals surface area contributed by atoms with Crippen molar-refractivity contribution in [2.45, 2.75) is 98.0 Å². The number of unbranched alkanes of at least 4 members (excludes halogenated alkanes) is 5. The van der Waals surface area contributed by atoms with Crippen molar-refractivity contribution in [3.8, 4) is 0 Å². The SMILES string of the molecule is CCCCC/C=C\C/C=C\CCCCC(O)CC(C)(C)C. The van der Waals surface area contributed by atoms with Gasteiger partial charge in [-0.25, -0.2) is 0 Å². The Bertz CT molecular complexity index is 270. The lowest BCUT2D eigenvalue weighted by molar-refractivity contribution is 0.110. The highest BCUT2D eigenvalue weighted by Crippen LogP contribution is 2.23. The van der Waals surface area contributed by atoms with Crippen LogP contribution in [0.4, 0.5) is 0 Å². The topological polar surface area (TPSA) is 20.2 Å². The summed E-state index contributed by atoms with van der Waals surface area (Å²) >= 11 is 0. The molecule has 0 aliphatic rings. The average Bonchev–Trinajstić information content (AvgIpc) is 2.38. The Hall–Kier alpha value is -0.560. The second-order valence-corrected chi connectivity index (χ2v) is 7.38. The normalized spacial score (nSPS) is 14.3. The van der Waals surface area contributed by atoms with Crippen LogP contribution in [0.25, 0.3) is 0 Å². The van der Waals surface area contributed by atoms with E-state index < -0.39 is 0 Å². The zero-order valence-corrected chi connectivity index (χ0v) is 14.9. The number of hydrogen-bond acceptors (Lipinski definition) is 1. The predicted molar refractivity (Wildman–Crippen MR) is 95.6 cm³/mol. The van der Waals surface area contributed by atoms with Crippen molar-refractivity contribution in [1.82, 2.24) is 0 Å². The van der Waals surface area contributed by atoms with Gasteiger partial charge in [0.05, 0.1) is 6.10 Å². The third-order valence-electron chi connectivity index (χ3n) is 3.59. The van der Waals surface area contributed by atoms with Crippen LogP contribution < -0.4 is 0 Å². The first-order chi connectivity index (χ1) is 9.95. The van der Waals surface area contributed by atoms with Gasteiger partial charge in [0.2, 0.25) is 0 Å². The molecule has 1 atom stereocenters. The fourth-order valence-corrected chi connectivity index (χ4v) is 2.47. The van der Waals surface area contributed by atoms with E-state index in [2.05, 4.69) is 52.0 Å². The van der Waals surface area contributed by atoms with Crippen molar-refractivity contribution in [3.05, 3.63) is 24.3 Å². The molecule has 0 spiro atoms. The molecule has 0 aromatic rings. The Morgan fingerprint density at radius 2 is 1.43 bits per heavy atom.